The molecule has 1 aliphatic carbocycles. The molecule has 1 saturated carbocycles. The van der Waals surface area contributed by atoms with Crippen molar-refractivity contribution in [2.24, 2.45) is 23.7 Å². The van der Waals surface area contributed by atoms with E-state index >= 15 is 0 Å². The fourth-order valence-electron chi connectivity index (χ4n) is 3.16. The molecule has 0 aromatic rings. The summed E-state index contributed by atoms with van der Waals surface area (Å²) in [6.45, 7) is 7.33. The van der Waals surface area contributed by atoms with Gasteiger partial charge in [-0.05, 0) is 56.0 Å². The van der Waals surface area contributed by atoms with Crippen molar-refractivity contribution < 1.29 is 0 Å². The van der Waals surface area contributed by atoms with Crippen molar-refractivity contribution in [1.82, 2.24) is 5.32 Å². The molecule has 12 heavy (non-hydrogen) atoms. The Balaban J connectivity index is 1.91. The van der Waals surface area contributed by atoms with Crippen LogP contribution in [0.3, 0.4) is 0 Å². The minimum Gasteiger partial charge on any atom is -0.316 e. The SMILES string of the molecule is CC(C)CC1CCC2CNCC21. The summed E-state index contributed by atoms with van der Waals surface area (Å²) in [6.07, 6.45) is 4.47. The van der Waals surface area contributed by atoms with Crippen LogP contribution >= 0.6 is 0 Å². The topological polar surface area (TPSA) is 12.0 Å². The van der Waals surface area contributed by atoms with Crippen LogP contribution in [0.5, 0.6) is 0 Å². The maximum Gasteiger partial charge on any atom is -0.00146 e. The van der Waals surface area contributed by atoms with Crippen LogP contribution in [0.25, 0.3) is 0 Å². The highest BCUT2D eigenvalue weighted by molar-refractivity contribution is 4.91. The Morgan fingerprint density at radius 2 is 2.08 bits per heavy atom. The maximum atomic E-state index is 3.53. The van der Waals surface area contributed by atoms with Gasteiger partial charge in [0, 0.05) is 0 Å². The Labute approximate surface area is 75.9 Å². The second-order valence-electron chi connectivity index (χ2n) is 5.05. The molecule has 1 nitrogen and oxygen atoms in total. The van der Waals surface area contributed by atoms with E-state index in [1.54, 1.807) is 0 Å². The van der Waals surface area contributed by atoms with Crippen LogP contribution in [0, 0.1) is 23.7 Å². The third-order valence-electron chi connectivity index (χ3n) is 3.68. The molecule has 1 N–H and O–H groups in total. The molecule has 2 rings (SSSR count). The summed E-state index contributed by atoms with van der Waals surface area (Å²) >= 11 is 0. The van der Waals surface area contributed by atoms with Crippen LogP contribution in [0.4, 0.5) is 0 Å². The molecule has 1 heterocycles. The van der Waals surface area contributed by atoms with E-state index in [9.17, 15) is 0 Å². The van der Waals surface area contributed by atoms with Gasteiger partial charge in [-0.3, -0.25) is 0 Å². The molecule has 0 bridgehead atoms. The third kappa shape index (κ3) is 1.52. The van der Waals surface area contributed by atoms with Gasteiger partial charge in [0.15, 0.2) is 0 Å². The highest BCUT2D eigenvalue weighted by atomic mass is 14.9. The molecule has 3 unspecified atom stereocenters. The predicted molar refractivity (Wildman–Crippen MR) is 52.0 cm³/mol. The van der Waals surface area contributed by atoms with Crippen LogP contribution in [0.15, 0.2) is 0 Å². The second-order valence-corrected chi connectivity index (χ2v) is 5.05. The van der Waals surface area contributed by atoms with E-state index < -0.39 is 0 Å². The zero-order valence-corrected chi connectivity index (χ0v) is 8.34. The maximum absolute atomic E-state index is 3.53. The molecule has 70 valence electrons. The van der Waals surface area contributed by atoms with E-state index in [2.05, 4.69) is 19.2 Å². The molecule has 1 saturated heterocycles. The highest BCUT2D eigenvalue weighted by Crippen LogP contribution is 2.42. The lowest BCUT2D eigenvalue weighted by atomic mass is 9.86. The number of hydrogen-bond acceptors (Lipinski definition) is 1. The van der Waals surface area contributed by atoms with Crippen molar-refractivity contribution in [2.45, 2.75) is 33.1 Å². The summed E-state index contributed by atoms with van der Waals surface area (Å²) in [5.74, 6) is 4.01. The van der Waals surface area contributed by atoms with Gasteiger partial charge in [-0.2, -0.15) is 0 Å². The van der Waals surface area contributed by atoms with Crippen LogP contribution in [-0.4, -0.2) is 13.1 Å². The fourth-order valence-corrected chi connectivity index (χ4v) is 3.16. The first-order chi connectivity index (χ1) is 5.77. The Morgan fingerprint density at radius 3 is 2.83 bits per heavy atom. The van der Waals surface area contributed by atoms with Gasteiger partial charge in [-0.1, -0.05) is 13.8 Å². The molecule has 0 aromatic heterocycles. The quantitative estimate of drug-likeness (QED) is 0.665. The minimum atomic E-state index is 0.898. The van der Waals surface area contributed by atoms with Gasteiger partial charge in [0.2, 0.25) is 0 Å². The Bertz CT molecular complexity index is 153. The van der Waals surface area contributed by atoms with E-state index in [1.165, 1.54) is 32.4 Å². The van der Waals surface area contributed by atoms with Crippen LogP contribution in [0.2, 0.25) is 0 Å². The molecular weight excluding hydrogens is 146 g/mol. The molecular formula is C11H21N. The number of fused-ring (bicyclic) bond motifs is 1. The van der Waals surface area contributed by atoms with Crippen LogP contribution < -0.4 is 5.32 Å². The molecule has 0 aromatic carbocycles. The highest BCUT2D eigenvalue weighted by Gasteiger charge is 2.38. The number of hydrogen-bond donors (Lipinski definition) is 1. The van der Waals surface area contributed by atoms with Crippen molar-refractivity contribution in [1.29, 1.82) is 0 Å². The first-order valence-corrected chi connectivity index (χ1v) is 5.48. The lowest BCUT2D eigenvalue weighted by molar-refractivity contribution is 0.318. The molecule has 1 aliphatic heterocycles. The molecule has 1 heteroatoms. The van der Waals surface area contributed by atoms with Crippen molar-refractivity contribution in [2.75, 3.05) is 13.1 Å². The molecule has 2 fully saturated rings. The number of rotatable bonds is 2. The molecule has 0 radical (unpaired) electrons. The van der Waals surface area contributed by atoms with Crippen molar-refractivity contribution in [3.63, 3.8) is 0 Å². The standard InChI is InChI=1S/C11H21N/c1-8(2)5-9-3-4-10-6-12-7-11(9)10/h8-12H,3-7H2,1-2H3. The summed E-state index contributed by atoms with van der Waals surface area (Å²) < 4.78 is 0. The Morgan fingerprint density at radius 1 is 1.25 bits per heavy atom. The van der Waals surface area contributed by atoms with Gasteiger partial charge in [-0.15, -0.1) is 0 Å². The average Bonchev–Trinajstić information content (AvgIpc) is 2.52. The fraction of sp³-hybridized carbons (Fsp3) is 1.00. The average molecular weight is 167 g/mol. The monoisotopic (exact) mass is 167 g/mol. The van der Waals surface area contributed by atoms with Crippen molar-refractivity contribution >= 4 is 0 Å². The van der Waals surface area contributed by atoms with E-state index in [4.69, 9.17) is 0 Å². The van der Waals surface area contributed by atoms with Gasteiger partial charge in [0.25, 0.3) is 0 Å². The zero-order chi connectivity index (χ0) is 8.55. The van der Waals surface area contributed by atoms with Gasteiger partial charge in [0.1, 0.15) is 0 Å². The van der Waals surface area contributed by atoms with Gasteiger partial charge in [0.05, 0.1) is 0 Å². The van der Waals surface area contributed by atoms with E-state index in [0.717, 1.165) is 23.7 Å². The lowest BCUT2D eigenvalue weighted by Crippen LogP contribution is -2.17. The molecule has 3 atom stereocenters. The molecule has 2 aliphatic rings. The largest absolute Gasteiger partial charge is 0.316 e. The first-order valence-electron chi connectivity index (χ1n) is 5.48. The van der Waals surface area contributed by atoms with Crippen LogP contribution in [-0.2, 0) is 0 Å². The summed E-state index contributed by atoms with van der Waals surface area (Å²) in [5, 5.41) is 3.53. The zero-order valence-electron chi connectivity index (χ0n) is 8.34. The van der Waals surface area contributed by atoms with Crippen molar-refractivity contribution in [3.8, 4) is 0 Å². The van der Waals surface area contributed by atoms with E-state index in [0.29, 0.717) is 0 Å². The lowest BCUT2D eigenvalue weighted by Gasteiger charge is -2.19. The first kappa shape index (κ1) is 8.55. The van der Waals surface area contributed by atoms with E-state index in [-0.39, 0.29) is 0 Å². The van der Waals surface area contributed by atoms with E-state index in [1.807, 2.05) is 0 Å². The summed E-state index contributed by atoms with van der Waals surface area (Å²) in [7, 11) is 0. The molecule has 0 spiro atoms. The minimum absolute atomic E-state index is 0.898. The van der Waals surface area contributed by atoms with Crippen molar-refractivity contribution in [3.05, 3.63) is 0 Å². The summed E-state index contributed by atoms with van der Waals surface area (Å²) in [6, 6.07) is 0. The number of nitrogens with one attached hydrogen (secondary N) is 1. The third-order valence-corrected chi connectivity index (χ3v) is 3.68. The molecule has 0 amide bonds. The Hall–Kier alpha value is -0.0400. The predicted octanol–water partition coefficient (Wildman–Crippen LogP) is 2.28. The summed E-state index contributed by atoms with van der Waals surface area (Å²) in [5.41, 5.74) is 0. The van der Waals surface area contributed by atoms with Gasteiger partial charge in [-0.25, -0.2) is 0 Å². The van der Waals surface area contributed by atoms with Gasteiger partial charge >= 0.3 is 0 Å². The normalized spacial score (nSPS) is 40.8. The smallest absolute Gasteiger partial charge is 0.00146 e. The summed E-state index contributed by atoms with van der Waals surface area (Å²) in [4.78, 5) is 0. The second kappa shape index (κ2) is 3.37. The Kier molecular flexibility index (Phi) is 2.40. The van der Waals surface area contributed by atoms with Gasteiger partial charge < -0.3 is 5.32 Å². The van der Waals surface area contributed by atoms with Crippen LogP contribution in [0.1, 0.15) is 33.1 Å².